The number of amides is 1. The lowest BCUT2D eigenvalue weighted by molar-refractivity contribution is -0.114. The highest BCUT2D eigenvalue weighted by Crippen LogP contribution is 2.29. The number of rotatable bonds is 8. The zero-order valence-corrected chi connectivity index (χ0v) is 19.5. The van der Waals surface area contributed by atoms with Gasteiger partial charge in [-0.3, -0.25) is 14.4 Å². The Balaban J connectivity index is 1.88. The number of anilines is 2. The number of hydrogen-bond donors (Lipinski definition) is 1. The molecule has 164 valence electrons. The number of sulfonamides is 1. The summed E-state index contributed by atoms with van der Waals surface area (Å²) in [6.45, 7) is 5.22. The van der Waals surface area contributed by atoms with Crippen molar-refractivity contribution in [2.24, 2.45) is 0 Å². The molecule has 0 fully saturated rings. The van der Waals surface area contributed by atoms with E-state index in [9.17, 15) is 17.6 Å². The third-order valence-corrected chi connectivity index (χ3v) is 7.71. The minimum Gasteiger partial charge on any atom is -0.299 e. The topological polar surface area (TPSA) is 92.3 Å². The van der Waals surface area contributed by atoms with Crippen molar-refractivity contribution in [3.8, 4) is 0 Å². The van der Waals surface area contributed by atoms with Crippen molar-refractivity contribution >= 4 is 49.8 Å². The highest BCUT2D eigenvalue weighted by Gasteiger charge is 2.29. The van der Waals surface area contributed by atoms with Gasteiger partial charge in [-0.05, 0) is 31.2 Å². The first-order valence-electron chi connectivity index (χ1n) is 9.31. The van der Waals surface area contributed by atoms with E-state index in [1.165, 1.54) is 53.4 Å². The Bertz CT molecular complexity index is 1160. The van der Waals surface area contributed by atoms with Crippen LogP contribution in [-0.2, 0) is 14.8 Å². The van der Waals surface area contributed by atoms with Gasteiger partial charge in [0.05, 0.1) is 10.6 Å². The van der Waals surface area contributed by atoms with Crippen LogP contribution in [-0.4, -0.2) is 36.3 Å². The molecule has 0 unspecified atom stereocenters. The van der Waals surface area contributed by atoms with Crippen molar-refractivity contribution in [3.05, 3.63) is 59.9 Å². The van der Waals surface area contributed by atoms with Crippen molar-refractivity contribution in [1.29, 1.82) is 0 Å². The maximum atomic E-state index is 14.5. The van der Waals surface area contributed by atoms with Crippen LogP contribution in [0.5, 0.6) is 0 Å². The van der Waals surface area contributed by atoms with E-state index in [4.69, 9.17) is 0 Å². The molecule has 0 saturated carbocycles. The molecule has 0 radical (unpaired) electrons. The fraction of sp³-hybridized carbons (Fsp3) is 0.250. The number of carbonyl (C=O) groups is 1. The number of aromatic nitrogens is 2. The van der Waals surface area contributed by atoms with Gasteiger partial charge in [0.15, 0.2) is 4.34 Å². The smallest absolute Gasteiger partial charge is 0.264 e. The van der Waals surface area contributed by atoms with E-state index < -0.39 is 28.3 Å². The number of carbonyl (C=O) groups excluding carboxylic acids is 1. The number of thioether (sulfide) groups is 1. The van der Waals surface area contributed by atoms with Crippen LogP contribution >= 0.6 is 23.1 Å². The lowest BCUT2D eigenvalue weighted by Crippen LogP contribution is -2.38. The average Bonchev–Trinajstić information content (AvgIpc) is 3.13. The Morgan fingerprint density at radius 1 is 1.16 bits per heavy atom. The van der Waals surface area contributed by atoms with Crippen LogP contribution in [0.25, 0.3) is 0 Å². The van der Waals surface area contributed by atoms with Gasteiger partial charge in [-0.15, -0.1) is 10.2 Å². The molecular weight excluding hydrogens is 459 g/mol. The molecule has 0 saturated heterocycles. The maximum Gasteiger partial charge on any atom is 0.264 e. The quantitative estimate of drug-likeness (QED) is 0.381. The van der Waals surface area contributed by atoms with Crippen LogP contribution in [0.1, 0.15) is 19.4 Å². The summed E-state index contributed by atoms with van der Waals surface area (Å²) in [6, 6.07) is 11.6. The monoisotopic (exact) mass is 480 g/mol. The first-order chi connectivity index (χ1) is 14.7. The molecule has 3 rings (SSSR count). The molecule has 3 aromatic rings. The number of hydrogen-bond acceptors (Lipinski definition) is 7. The summed E-state index contributed by atoms with van der Waals surface area (Å²) in [4.78, 5) is 12.6. The van der Waals surface area contributed by atoms with Crippen molar-refractivity contribution < 1.29 is 17.6 Å². The first kappa shape index (κ1) is 23.2. The molecule has 31 heavy (non-hydrogen) atoms. The lowest BCUT2D eigenvalue weighted by Gasteiger charge is -2.24. The van der Waals surface area contributed by atoms with E-state index in [0.717, 1.165) is 15.9 Å². The summed E-state index contributed by atoms with van der Waals surface area (Å²) in [5, 5.41) is 11.0. The minimum absolute atomic E-state index is 0.0410. The maximum absolute atomic E-state index is 14.5. The van der Waals surface area contributed by atoms with Crippen LogP contribution < -0.4 is 9.62 Å². The number of halogens is 1. The number of nitrogens with one attached hydrogen (secondary N) is 1. The van der Waals surface area contributed by atoms with Gasteiger partial charge >= 0.3 is 0 Å². The number of benzene rings is 2. The zero-order chi connectivity index (χ0) is 22.6. The Morgan fingerprint density at radius 3 is 2.48 bits per heavy atom. The minimum atomic E-state index is -4.20. The zero-order valence-electron chi connectivity index (χ0n) is 17.1. The third kappa shape index (κ3) is 5.81. The van der Waals surface area contributed by atoms with E-state index in [2.05, 4.69) is 15.5 Å². The second-order valence-electron chi connectivity index (χ2n) is 6.86. The summed E-state index contributed by atoms with van der Waals surface area (Å²) in [5.41, 5.74) is 0.659. The molecule has 0 aliphatic carbocycles. The number of nitrogens with zero attached hydrogens (tertiary/aromatic N) is 3. The Morgan fingerprint density at radius 2 is 1.84 bits per heavy atom. The van der Waals surface area contributed by atoms with Crippen LogP contribution in [0, 0.1) is 12.7 Å². The molecule has 2 aromatic carbocycles. The summed E-state index contributed by atoms with van der Waals surface area (Å²) in [7, 11) is -4.20. The van der Waals surface area contributed by atoms with Crippen molar-refractivity contribution in [1.82, 2.24) is 10.2 Å². The Kier molecular flexibility index (Phi) is 7.29. The number of para-hydroxylation sites is 1. The van der Waals surface area contributed by atoms with E-state index in [1.54, 1.807) is 12.1 Å². The van der Waals surface area contributed by atoms with Gasteiger partial charge in [-0.1, -0.05) is 66.8 Å². The normalized spacial score (nSPS) is 11.5. The van der Waals surface area contributed by atoms with E-state index in [1.807, 2.05) is 20.8 Å². The molecular formula is C20H21FN4O3S3. The Hall–Kier alpha value is -2.50. The van der Waals surface area contributed by atoms with Crippen molar-refractivity contribution in [2.75, 3.05) is 16.2 Å². The molecule has 11 heteroatoms. The van der Waals surface area contributed by atoms with Gasteiger partial charge in [-0.2, -0.15) is 0 Å². The van der Waals surface area contributed by atoms with Crippen LogP contribution in [0.2, 0.25) is 0 Å². The van der Waals surface area contributed by atoms with Gasteiger partial charge in [0.25, 0.3) is 10.0 Å². The molecule has 1 N–H and O–H groups in total. The molecule has 0 spiro atoms. The fourth-order valence-electron chi connectivity index (χ4n) is 2.59. The van der Waals surface area contributed by atoms with E-state index in [0.29, 0.717) is 9.59 Å². The van der Waals surface area contributed by atoms with Gasteiger partial charge in [0, 0.05) is 5.25 Å². The van der Waals surface area contributed by atoms with Gasteiger partial charge in [-0.25, -0.2) is 12.8 Å². The summed E-state index contributed by atoms with van der Waals surface area (Å²) in [5.74, 6) is -1.41. The third-order valence-electron chi connectivity index (χ3n) is 4.01. The van der Waals surface area contributed by atoms with Crippen LogP contribution in [0.15, 0.2) is 57.8 Å². The van der Waals surface area contributed by atoms with Crippen molar-refractivity contribution in [2.45, 2.75) is 35.3 Å². The first-order valence-corrected chi connectivity index (χ1v) is 12.4. The molecule has 0 atom stereocenters. The molecule has 0 bridgehead atoms. The SMILES string of the molecule is Cc1ccc(S(=O)(=O)N(CC(=O)Nc2nnc(SC(C)C)s2)c2ccccc2F)cc1. The van der Waals surface area contributed by atoms with Crippen molar-refractivity contribution in [3.63, 3.8) is 0 Å². The standard InChI is InChI=1S/C20H21FN4O3S3/c1-13(2)29-20-24-23-19(30-20)22-18(26)12-25(17-7-5-4-6-16(17)21)31(27,28)15-10-8-14(3)9-11-15/h4-11,13H,12H2,1-3H3,(H,22,23,26). The van der Waals surface area contributed by atoms with Gasteiger partial charge < -0.3 is 0 Å². The summed E-state index contributed by atoms with van der Waals surface area (Å²) in [6.07, 6.45) is 0. The van der Waals surface area contributed by atoms with Crippen LogP contribution in [0.4, 0.5) is 15.2 Å². The van der Waals surface area contributed by atoms with Crippen LogP contribution in [0.3, 0.4) is 0 Å². The molecule has 1 aromatic heterocycles. The second-order valence-corrected chi connectivity index (χ2v) is 11.5. The van der Waals surface area contributed by atoms with E-state index in [-0.39, 0.29) is 15.7 Å². The predicted molar refractivity (Wildman–Crippen MR) is 122 cm³/mol. The summed E-state index contributed by atoms with van der Waals surface area (Å²) >= 11 is 2.69. The highest BCUT2D eigenvalue weighted by molar-refractivity contribution is 8.01. The van der Waals surface area contributed by atoms with Gasteiger partial charge in [0.1, 0.15) is 12.4 Å². The largest absolute Gasteiger partial charge is 0.299 e. The fourth-order valence-corrected chi connectivity index (χ4v) is 6.01. The highest BCUT2D eigenvalue weighted by atomic mass is 32.2. The molecule has 1 heterocycles. The summed E-state index contributed by atoms with van der Waals surface area (Å²) < 4.78 is 42.5. The Labute approximate surface area is 188 Å². The molecule has 7 nitrogen and oxygen atoms in total. The average molecular weight is 481 g/mol. The van der Waals surface area contributed by atoms with E-state index >= 15 is 0 Å². The molecule has 1 amide bonds. The van der Waals surface area contributed by atoms with Gasteiger partial charge in [0.2, 0.25) is 11.0 Å². The molecule has 0 aliphatic heterocycles. The second kappa shape index (κ2) is 9.75. The molecule has 0 aliphatic rings. The lowest BCUT2D eigenvalue weighted by atomic mass is 10.2. The number of aryl methyl sites for hydroxylation is 1. The predicted octanol–water partition coefficient (Wildman–Crippen LogP) is 4.32.